The molecule has 1 aromatic carbocycles. The Morgan fingerprint density at radius 1 is 1.36 bits per heavy atom. The maximum Gasteiger partial charge on any atom is 0.293 e. The Balaban J connectivity index is 1.84. The first kappa shape index (κ1) is 20.0. The molecule has 6 nitrogen and oxygen atoms in total. The Morgan fingerprint density at radius 2 is 2.07 bits per heavy atom. The second kappa shape index (κ2) is 8.54. The highest BCUT2D eigenvalue weighted by atomic mass is 19.1. The van der Waals surface area contributed by atoms with Gasteiger partial charge in [0.05, 0.1) is 0 Å². The van der Waals surface area contributed by atoms with Crippen LogP contribution in [0.5, 0.6) is 0 Å². The van der Waals surface area contributed by atoms with Crippen molar-refractivity contribution < 1.29 is 18.5 Å². The topological polar surface area (TPSA) is 75.4 Å². The molecule has 0 aliphatic carbocycles. The van der Waals surface area contributed by atoms with Crippen molar-refractivity contribution in [2.24, 2.45) is 5.92 Å². The van der Waals surface area contributed by atoms with Crippen molar-refractivity contribution in [1.82, 2.24) is 15.4 Å². The van der Waals surface area contributed by atoms with Gasteiger partial charge >= 0.3 is 0 Å². The van der Waals surface area contributed by atoms with Crippen LogP contribution in [0, 0.1) is 11.7 Å². The van der Waals surface area contributed by atoms with E-state index in [-0.39, 0.29) is 35.4 Å². The number of nitrogens with one attached hydrogen (secondary N) is 1. The van der Waals surface area contributed by atoms with Crippen molar-refractivity contribution in [3.63, 3.8) is 0 Å². The number of nitrogens with zero attached hydrogens (tertiary/aromatic N) is 2. The van der Waals surface area contributed by atoms with E-state index in [1.165, 1.54) is 12.1 Å². The fourth-order valence-corrected chi connectivity index (χ4v) is 3.54. The molecule has 2 heterocycles. The third-order valence-corrected chi connectivity index (χ3v) is 4.90. The molecule has 150 valence electrons. The summed E-state index contributed by atoms with van der Waals surface area (Å²) >= 11 is 0. The number of benzene rings is 1. The number of halogens is 1. The van der Waals surface area contributed by atoms with Crippen molar-refractivity contribution in [3.05, 3.63) is 41.9 Å². The Hall–Kier alpha value is -2.70. The lowest BCUT2D eigenvalue weighted by atomic mass is 9.96. The van der Waals surface area contributed by atoms with Gasteiger partial charge in [0.25, 0.3) is 5.91 Å². The number of carbonyl (C=O) groups excluding carboxylic acids is 2. The first-order chi connectivity index (χ1) is 13.4. The molecule has 3 rings (SSSR count). The average Bonchev–Trinajstić information content (AvgIpc) is 3.14. The van der Waals surface area contributed by atoms with Crippen molar-refractivity contribution in [3.8, 4) is 11.3 Å². The van der Waals surface area contributed by atoms with E-state index in [4.69, 9.17) is 4.52 Å². The maximum absolute atomic E-state index is 13.1. The van der Waals surface area contributed by atoms with Crippen LogP contribution in [0.2, 0.25) is 0 Å². The molecule has 1 fully saturated rings. The van der Waals surface area contributed by atoms with Crippen LogP contribution in [-0.4, -0.2) is 40.5 Å². The first-order valence-electron chi connectivity index (χ1n) is 9.73. The fourth-order valence-electron chi connectivity index (χ4n) is 3.54. The van der Waals surface area contributed by atoms with Crippen LogP contribution in [0.15, 0.2) is 34.9 Å². The molecule has 0 bridgehead atoms. The predicted octanol–water partition coefficient (Wildman–Crippen LogP) is 3.64. The van der Waals surface area contributed by atoms with E-state index in [1.807, 2.05) is 20.8 Å². The minimum absolute atomic E-state index is 0.0654. The lowest BCUT2D eigenvalue weighted by Crippen LogP contribution is -2.61. The van der Waals surface area contributed by atoms with E-state index < -0.39 is 6.04 Å². The van der Waals surface area contributed by atoms with Gasteiger partial charge in [0.1, 0.15) is 17.6 Å². The summed E-state index contributed by atoms with van der Waals surface area (Å²) in [7, 11) is 0. The lowest BCUT2D eigenvalue weighted by molar-refractivity contribution is -0.130. The van der Waals surface area contributed by atoms with Crippen LogP contribution in [0.25, 0.3) is 11.3 Å². The number of hydrogen-bond acceptors (Lipinski definition) is 4. The molecule has 1 saturated heterocycles. The monoisotopic (exact) mass is 387 g/mol. The summed E-state index contributed by atoms with van der Waals surface area (Å²) in [6, 6.07) is 6.76. The zero-order valence-electron chi connectivity index (χ0n) is 16.4. The summed E-state index contributed by atoms with van der Waals surface area (Å²) in [5.74, 6) is -0.467. The van der Waals surface area contributed by atoms with Crippen LogP contribution in [-0.2, 0) is 4.79 Å². The molecule has 1 aliphatic rings. The Morgan fingerprint density at radius 3 is 2.71 bits per heavy atom. The van der Waals surface area contributed by atoms with Gasteiger partial charge in [-0.15, -0.1) is 0 Å². The Kier molecular flexibility index (Phi) is 6.11. The quantitative estimate of drug-likeness (QED) is 0.821. The molecule has 0 radical (unpaired) electrons. The minimum Gasteiger partial charge on any atom is -0.350 e. The third-order valence-electron chi connectivity index (χ3n) is 4.90. The number of piperazine rings is 1. The molecule has 2 unspecified atom stereocenters. The van der Waals surface area contributed by atoms with Crippen LogP contribution in [0.3, 0.4) is 0 Å². The van der Waals surface area contributed by atoms with Gasteiger partial charge in [0.2, 0.25) is 11.7 Å². The predicted molar refractivity (Wildman–Crippen MR) is 103 cm³/mol. The second-order valence-electron chi connectivity index (χ2n) is 7.68. The smallest absolute Gasteiger partial charge is 0.293 e. The van der Waals surface area contributed by atoms with E-state index in [0.717, 1.165) is 12.8 Å². The molecule has 2 amide bonds. The molecule has 1 aromatic heterocycles. The highest BCUT2D eigenvalue weighted by Gasteiger charge is 2.38. The number of hydrogen-bond donors (Lipinski definition) is 1. The van der Waals surface area contributed by atoms with Gasteiger partial charge < -0.3 is 14.7 Å². The summed E-state index contributed by atoms with van der Waals surface area (Å²) in [6.45, 7) is 6.54. The van der Waals surface area contributed by atoms with E-state index in [1.54, 1.807) is 23.1 Å². The molecule has 28 heavy (non-hydrogen) atoms. The zero-order chi connectivity index (χ0) is 20.3. The molecule has 2 atom stereocenters. The number of carbonyl (C=O) groups is 2. The fraction of sp³-hybridized carbons (Fsp3) is 0.476. The van der Waals surface area contributed by atoms with Crippen LogP contribution in [0.1, 0.15) is 50.6 Å². The van der Waals surface area contributed by atoms with Crippen molar-refractivity contribution >= 4 is 11.8 Å². The lowest BCUT2D eigenvalue weighted by Gasteiger charge is -2.39. The maximum atomic E-state index is 13.1. The summed E-state index contributed by atoms with van der Waals surface area (Å²) in [5.41, 5.74) is 1.11. The molecule has 0 spiro atoms. The third kappa shape index (κ3) is 4.40. The molecular weight excluding hydrogens is 361 g/mol. The highest BCUT2D eigenvalue weighted by Crippen LogP contribution is 2.24. The van der Waals surface area contributed by atoms with Crippen molar-refractivity contribution in [2.45, 2.75) is 52.1 Å². The molecule has 0 saturated carbocycles. The van der Waals surface area contributed by atoms with Crippen LogP contribution in [0.4, 0.5) is 4.39 Å². The van der Waals surface area contributed by atoms with E-state index in [9.17, 15) is 14.0 Å². The second-order valence-corrected chi connectivity index (χ2v) is 7.68. The van der Waals surface area contributed by atoms with E-state index in [0.29, 0.717) is 24.2 Å². The SMILES string of the molecule is CCCC1CN(C(=O)c2cc(-c3ccc(F)cc3)no2)C(CC(C)C)C(=O)N1. The van der Waals surface area contributed by atoms with Gasteiger partial charge in [-0.3, -0.25) is 9.59 Å². The Labute approximate surface area is 164 Å². The number of amides is 2. The van der Waals surface area contributed by atoms with Gasteiger partial charge in [0, 0.05) is 24.2 Å². The van der Waals surface area contributed by atoms with E-state index >= 15 is 0 Å². The highest BCUT2D eigenvalue weighted by molar-refractivity contribution is 5.97. The summed E-state index contributed by atoms with van der Waals surface area (Å²) in [5, 5.41) is 6.98. The van der Waals surface area contributed by atoms with Crippen LogP contribution < -0.4 is 5.32 Å². The Bertz CT molecular complexity index is 832. The number of aromatic nitrogens is 1. The van der Waals surface area contributed by atoms with Crippen molar-refractivity contribution in [2.75, 3.05) is 6.54 Å². The van der Waals surface area contributed by atoms with Gasteiger partial charge in [-0.25, -0.2) is 4.39 Å². The van der Waals surface area contributed by atoms with E-state index in [2.05, 4.69) is 10.5 Å². The van der Waals surface area contributed by atoms with Gasteiger partial charge in [0.15, 0.2) is 0 Å². The van der Waals surface area contributed by atoms with Gasteiger partial charge in [-0.2, -0.15) is 0 Å². The van der Waals surface area contributed by atoms with Gasteiger partial charge in [-0.1, -0.05) is 32.3 Å². The standard InChI is InChI=1S/C21H26FN3O3/c1-4-5-16-12-25(18(10-13(2)3)20(26)23-16)21(27)19-11-17(24-28-19)14-6-8-15(22)9-7-14/h6-9,11,13,16,18H,4-5,10,12H2,1-3H3,(H,23,26). The molecule has 7 heteroatoms. The largest absolute Gasteiger partial charge is 0.350 e. The number of rotatable bonds is 6. The minimum atomic E-state index is -0.528. The average molecular weight is 387 g/mol. The summed E-state index contributed by atoms with van der Waals surface area (Å²) in [4.78, 5) is 27.4. The molecule has 1 aliphatic heterocycles. The molecule has 1 N–H and O–H groups in total. The summed E-state index contributed by atoms with van der Waals surface area (Å²) < 4.78 is 18.4. The normalized spacial score (nSPS) is 19.8. The zero-order valence-corrected chi connectivity index (χ0v) is 16.4. The first-order valence-corrected chi connectivity index (χ1v) is 9.73. The van der Waals surface area contributed by atoms with Crippen LogP contribution >= 0.6 is 0 Å². The molecular formula is C21H26FN3O3. The van der Waals surface area contributed by atoms with Crippen molar-refractivity contribution in [1.29, 1.82) is 0 Å². The molecule has 2 aromatic rings. The van der Waals surface area contributed by atoms with Gasteiger partial charge in [-0.05, 0) is 43.0 Å². The summed E-state index contributed by atoms with van der Waals surface area (Å²) in [6.07, 6.45) is 2.30.